The van der Waals surface area contributed by atoms with Crippen molar-refractivity contribution >= 4 is 11.6 Å². The molecule has 2 unspecified atom stereocenters. The first-order valence-electron chi connectivity index (χ1n) is 8.44. The molecule has 0 heterocycles. The van der Waals surface area contributed by atoms with E-state index in [0.717, 1.165) is 0 Å². The summed E-state index contributed by atoms with van der Waals surface area (Å²) in [4.78, 5) is 25.8. The maximum absolute atomic E-state index is 14.8. The Morgan fingerprint density at radius 3 is 2.44 bits per heavy atom. The van der Waals surface area contributed by atoms with Gasteiger partial charge in [-0.05, 0) is 30.9 Å². The smallest absolute Gasteiger partial charge is 0.154 e. The third-order valence-electron chi connectivity index (χ3n) is 5.52. The molecule has 3 nitrogen and oxygen atoms in total. The predicted octanol–water partition coefficient (Wildman–Crippen LogP) is 4.27. The second-order valence-electron chi connectivity index (χ2n) is 7.79. The van der Waals surface area contributed by atoms with Crippen molar-refractivity contribution < 1.29 is 18.7 Å². The number of Topliss-reactive ketones (excluding diaryl/α,β-unsaturated/α-hetero) is 2. The van der Waals surface area contributed by atoms with Crippen LogP contribution < -0.4 is 4.74 Å². The molecule has 0 radical (unpaired) electrons. The molecular weight excluding hydrogens is 319 g/mol. The average Bonchev–Trinajstić information content (AvgIpc) is 2.52. The molecular formula is C21H25FO3. The lowest BCUT2D eigenvalue weighted by molar-refractivity contribution is -0.145. The minimum atomic E-state index is -1.13. The van der Waals surface area contributed by atoms with Gasteiger partial charge in [-0.15, -0.1) is 5.92 Å². The molecule has 0 aromatic heterocycles. The van der Waals surface area contributed by atoms with E-state index in [1.54, 1.807) is 13.0 Å². The van der Waals surface area contributed by atoms with E-state index in [1.165, 1.54) is 13.2 Å². The van der Waals surface area contributed by atoms with Gasteiger partial charge in [-0.2, -0.15) is 0 Å². The minimum absolute atomic E-state index is 0.0364. The number of hydrogen-bond acceptors (Lipinski definition) is 3. The Hall–Kier alpha value is -2.15. The van der Waals surface area contributed by atoms with Crippen LogP contribution in [0.5, 0.6) is 5.75 Å². The van der Waals surface area contributed by atoms with Gasteiger partial charge in [0.25, 0.3) is 0 Å². The van der Waals surface area contributed by atoms with Crippen LogP contribution in [-0.4, -0.2) is 18.7 Å². The van der Waals surface area contributed by atoms with Crippen molar-refractivity contribution in [2.75, 3.05) is 7.11 Å². The van der Waals surface area contributed by atoms with Crippen molar-refractivity contribution in [2.45, 2.75) is 53.4 Å². The topological polar surface area (TPSA) is 43.4 Å². The molecule has 0 aliphatic heterocycles. The normalized spacial score (nSPS) is 23.9. The van der Waals surface area contributed by atoms with E-state index in [0.29, 0.717) is 12.0 Å². The number of rotatable bonds is 2. The number of benzene rings is 1. The molecule has 1 fully saturated rings. The van der Waals surface area contributed by atoms with Crippen LogP contribution in [0.3, 0.4) is 0 Å². The number of halogens is 1. The Labute approximate surface area is 149 Å². The van der Waals surface area contributed by atoms with Gasteiger partial charge in [0.2, 0.25) is 0 Å². The average molecular weight is 344 g/mol. The van der Waals surface area contributed by atoms with Gasteiger partial charge in [-0.25, -0.2) is 4.39 Å². The highest BCUT2D eigenvalue weighted by Crippen LogP contribution is 2.51. The lowest BCUT2D eigenvalue weighted by Crippen LogP contribution is -2.48. The summed E-state index contributed by atoms with van der Waals surface area (Å²) in [6.07, 6.45) is 0.733. The monoisotopic (exact) mass is 344 g/mol. The summed E-state index contributed by atoms with van der Waals surface area (Å²) in [6, 6.07) is 2.84. The van der Waals surface area contributed by atoms with Gasteiger partial charge in [0.1, 0.15) is 23.3 Å². The van der Waals surface area contributed by atoms with Crippen molar-refractivity contribution in [3.63, 3.8) is 0 Å². The minimum Gasteiger partial charge on any atom is -0.496 e. The molecule has 1 aliphatic carbocycles. The van der Waals surface area contributed by atoms with Crippen molar-refractivity contribution in [2.24, 2.45) is 10.8 Å². The molecule has 0 N–H and O–H groups in total. The fourth-order valence-electron chi connectivity index (χ4n) is 3.40. The number of ether oxygens (including phenoxy) is 1. The lowest BCUT2D eigenvalue weighted by atomic mass is 9.56. The van der Waals surface area contributed by atoms with Gasteiger partial charge in [0, 0.05) is 23.0 Å². The zero-order chi connectivity index (χ0) is 19.0. The Kier molecular flexibility index (Phi) is 5.09. The molecule has 0 bridgehead atoms. The maximum atomic E-state index is 14.8. The summed E-state index contributed by atoms with van der Waals surface area (Å²) < 4.78 is 20.2. The molecule has 25 heavy (non-hydrogen) atoms. The summed E-state index contributed by atoms with van der Waals surface area (Å²) in [5, 5.41) is 0. The highest BCUT2D eigenvalue weighted by atomic mass is 19.1. The third kappa shape index (κ3) is 3.20. The van der Waals surface area contributed by atoms with E-state index in [9.17, 15) is 14.0 Å². The van der Waals surface area contributed by atoms with Crippen LogP contribution in [0.2, 0.25) is 0 Å². The first-order chi connectivity index (χ1) is 11.6. The van der Waals surface area contributed by atoms with Gasteiger partial charge >= 0.3 is 0 Å². The number of ketones is 2. The zero-order valence-electron chi connectivity index (χ0n) is 15.7. The molecule has 4 heteroatoms. The summed E-state index contributed by atoms with van der Waals surface area (Å²) in [7, 11) is 1.40. The zero-order valence-corrected chi connectivity index (χ0v) is 15.7. The third-order valence-corrected chi connectivity index (χ3v) is 5.52. The van der Waals surface area contributed by atoms with E-state index in [2.05, 4.69) is 11.8 Å². The summed E-state index contributed by atoms with van der Waals surface area (Å²) in [5.74, 6) is 3.44. The molecule has 0 amide bonds. The maximum Gasteiger partial charge on any atom is 0.154 e. The Bertz CT molecular complexity index is 777. The van der Waals surface area contributed by atoms with Gasteiger partial charge in [0.15, 0.2) is 5.78 Å². The van der Waals surface area contributed by atoms with Gasteiger partial charge in [-0.3, -0.25) is 9.59 Å². The van der Waals surface area contributed by atoms with Crippen LogP contribution in [0.1, 0.15) is 64.5 Å². The Balaban J connectivity index is 2.64. The van der Waals surface area contributed by atoms with Crippen molar-refractivity contribution in [1.82, 2.24) is 0 Å². The van der Waals surface area contributed by atoms with Gasteiger partial charge in [-0.1, -0.05) is 33.6 Å². The van der Waals surface area contributed by atoms with E-state index in [-0.39, 0.29) is 34.7 Å². The second kappa shape index (κ2) is 6.63. The molecule has 1 saturated carbocycles. The van der Waals surface area contributed by atoms with Crippen LogP contribution in [0, 0.1) is 28.5 Å². The number of carbonyl (C=O) groups excluding carboxylic acids is 2. The van der Waals surface area contributed by atoms with E-state index < -0.39 is 17.2 Å². The van der Waals surface area contributed by atoms with Crippen molar-refractivity contribution in [1.29, 1.82) is 0 Å². The molecule has 0 saturated heterocycles. The fourth-order valence-corrected chi connectivity index (χ4v) is 3.40. The van der Waals surface area contributed by atoms with E-state index >= 15 is 0 Å². The molecule has 1 aromatic carbocycles. The fraction of sp³-hybridized carbons (Fsp3) is 0.524. The first kappa shape index (κ1) is 19.2. The Morgan fingerprint density at radius 2 is 1.92 bits per heavy atom. The molecule has 134 valence electrons. The quantitative estimate of drug-likeness (QED) is 0.594. The van der Waals surface area contributed by atoms with E-state index in [1.807, 2.05) is 27.7 Å². The van der Waals surface area contributed by atoms with Gasteiger partial charge in [0.05, 0.1) is 7.11 Å². The van der Waals surface area contributed by atoms with Crippen LogP contribution >= 0.6 is 0 Å². The lowest BCUT2D eigenvalue weighted by Gasteiger charge is -2.45. The summed E-state index contributed by atoms with van der Waals surface area (Å²) in [5.41, 5.74) is -0.546. The molecule has 0 spiro atoms. The first-order valence-corrected chi connectivity index (χ1v) is 8.44. The van der Waals surface area contributed by atoms with Crippen LogP contribution in [0.4, 0.5) is 4.39 Å². The van der Waals surface area contributed by atoms with Crippen LogP contribution in [0.15, 0.2) is 12.1 Å². The highest BCUT2D eigenvalue weighted by molar-refractivity contribution is 6.12. The molecule has 2 rings (SSSR count). The second-order valence-corrected chi connectivity index (χ2v) is 7.79. The van der Waals surface area contributed by atoms with E-state index in [4.69, 9.17) is 4.74 Å². The number of hydrogen-bond donors (Lipinski definition) is 0. The molecule has 1 aromatic rings. The van der Waals surface area contributed by atoms with Gasteiger partial charge < -0.3 is 4.74 Å². The summed E-state index contributed by atoms with van der Waals surface area (Å²) >= 11 is 0. The predicted molar refractivity (Wildman–Crippen MR) is 95.1 cm³/mol. The van der Waals surface area contributed by atoms with Crippen LogP contribution in [-0.2, 0) is 9.59 Å². The summed E-state index contributed by atoms with van der Waals surface area (Å²) in [6.45, 7) is 9.46. The standard InChI is InChI=1S/C21H25FO3/c1-7-8-13-11-14(22)17(16(12-13)25-6)18-15(23)9-10-21(5,19(18)24)20(2,3)4/h11-12,18H,9-10H2,1-6H3. The molecule has 2 atom stereocenters. The Morgan fingerprint density at radius 1 is 1.28 bits per heavy atom. The van der Waals surface area contributed by atoms with Crippen molar-refractivity contribution in [3.8, 4) is 17.6 Å². The SMILES string of the molecule is CC#Cc1cc(F)c(C2C(=O)CCC(C)(C(C)(C)C)C2=O)c(OC)c1. The van der Waals surface area contributed by atoms with Crippen molar-refractivity contribution in [3.05, 3.63) is 29.1 Å². The van der Waals surface area contributed by atoms with Crippen LogP contribution in [0.25, 0.3) is 0 Å². The number of methoxy groups -OCH3 is 1. The molecule has 1 aliphatic rings. The largest absolute Gasteiger partial charge is 0.496 e. The highest BCUT2D eigenvalue weighted by Gasteiger charge is 2.52. The number of carbonyl (C=O) groups is 2.